The van der Waals surface area contributed by atoms with Gasteiger partial charge in [0, 0.05) is 16.8 Å². The molecular weight excluding hydrogens is 412 g/mol. The van der Waals surface area contributed by atoms with Gasteiger partial charge in [-0.3, -0.25) is 9.69 Å². The van der Waals surface area contributed by atoms with Crippen LogP contribution in [0.3, 0.4) is 0 Å². The van der Waals surface area contributed by atoms with E-state index in [1.807, 2.05) is 22.7 Å². The first-order valence-electron chi connectivity index (χ1n) is 10.5. The fourth-order valence-corrected chi connectivity index (χ4v) is 5.57. The van der Waals surface area contributed by atoms with Crippen molar-refractivity contribution in [2.45, 2.75) is 56.3 Å². The SMILES string of the molecule is Cc1ccc2nc(N(CC3CCCO3)C(=O)Cc3ccc(SC(C)C)cc3)sc2c1. The minimum absolute atomic E-state index is 0.0746. The predicted octanol–water partition coefficient (Wildman–Crippen LogP) is 5.86. The highest BCUT2D eigenvalue weighted by atomic mass is 32.2. The standard InChI is InChI=1S/C24H28N2O2S2/c1-16(2)29-20-9-7-18(8-10-20)14-23(27)26(15-19-5-4-12-28-19)24-25-21-11-6-17(3)13-22(21)30-24/h6-11,13,16,19H,4-5,12,14-15H2,1-3H3. The van der Waals surface area contributed by atoms with Crippen LogP contribution in [-0.2, 0) is 16.0 Å². The molecule has 0 saturated carbocycles. The van der Waals surface area contributed by atoms with E-state index in [2.05, 4.69) is 57.2 Å². The van der Waals surface area contributed by atoms with Gasteiger partial charge in [-0.05, 0) is 55.2 Å². The van der Waals surface area contributed by atoms with E-state index in [4.69, 9.17) is 9.72 Å². The summed E-state index contributed by atoms with van der Waals surface area (Å²) in [7, 11) is 0. The van der Waals surface area contributed by atoms with Crippen LogP contribution in [0.25, 0.3) is 10.2 Å². The van der Waals surface area contributed by atoms with Gasteiger partial charge in [0.1, 0.15) is 0 Å². The molecule has 2 aromatic carbocycles. The first-order chi connectivity index (χ1) is 14.5. The molecule has 1 fully saturated rings. The lowest BCUT2D eigenvalue weighted by Gasteiger charge is -2.23. The Bertz CT molecular complexity index is 1010. The minimum atomic E-state index is 0.0746. The molecule has 4 rings (SSSR count). The molecule has 1 unspecified atom stereocenters. The van der Waals surface area contributed by atoms with Gasteiger partial charge in [0.25, 0.3) is 0 Å². The number of rotatable bonds is 7. The summed E-state index contributed by atoms with van der Waals surface area (Å²) in [6, 6.07) is 14.6. The lowest BCUT2D eigenvalue weighted by atomic mass is 10.1. The predicted molar refractivity (Wildman–Crippen MR) is 127 cm³/mol. The lowest BCUT2D eigenvalue weighted by molar-refractivity contribution is -0.118. The second-order valence-electron chi connectivity index (χ2n) is 8.09. The third-order valence-corrected chi connectivity index (χ3v) is 7.18. The van der Waals surface area contributed by atoms with Crippen LogP contribution < -0.4 is 4.90 Å². The number of ether oxygens (including phenoxy) is 1. The molecule has 0 N–H and O–H groups in total. The van der Waals surface area contributed by atoms with Crippen molar-refractivity contribution >= 4 is 44.4 Å². The van der Waals surface area contributed by atoms with Crippen molar-refractivity contribution in [1.82, 2.24) is 4.98 Å². The van der Waals surface area contributed by atoms with Crippen LogP contribution in [0.2, 0.25) is 0 Å². The molecule has 158 valence electrons. The zero-order chi connectivity index (χ0) is 21.1. The topological polar surface area (TPSA) is 42.4 Å². The van der Waals surface area contributed by atoms with Crippen molar-refractivity contribution in [1.29, 1.82) is 0 Å². The van der Waals surface area contributed by atoms with Gasteiger partial charge in [-0.2, -0.15) is 0 Å². The van der Waals surface area contributed by atoms with Gasteiger partial charge in [0.05, 0.1) is 29.3 Å². The lowest BCUT2D eigenvalue weighted by Crippen LogP contribution is -2.38. The average molecular weight is 441 g/mol. The van der Waals surface area contributed by atoms with Gasteiger partial charge in [-0.25, -0.2) is 4.98 Å². The Morgan fingerprint density at radius 2 is 2.07 bits per heavy atom. The molecule has 0 radical (unpaired) electrons. The van der Waals surface area contributed by atoms with Crippen molar-refractivity contribution in [3.05, 3.63) is 53.6 Å². The van der Waals surface area contributed by atoms with E-state index >= 15 is 0 Å². The van der Waals surface area contributed by atoms with Crippen LogP contribution in [0.1, 0.15) is 37.8 Å². The maximum atomic E-state index is 13.3. The Kier molecular flexibility index (Phi) is 6.76. The van der Waals surface area contributed by atoms with Gasteiger partial charge >= 0.3 is 0 Å². The Labute approximate surface area is 186 Å². The van der Waals surface area contributed by atoms with Crippen LogP contribution in [0, 0.1) is 6.92 Å². The van der Waals surface area contributed by atoms with Gasteiger partial charge in [-0.1, -0.05) is 43.4 Å². The molecule has 0 aliphatic carbocycles. The van der Waals surface area contributed by atoms with Gasteiger partial charge < -0.3 is 4.74 Å². The molecule has 30 heavy (non-hydrogen) atoms. The second kappa shape index (κ2) is 9.50. The van der Waals surface area contributed by atoms with Crippen molar-refractivity contribution in [3.63, 3.8) is 0 Å². The number of aromatic nitrogens is 1. The Balaban J connectivity index is 1.55. The quantitative estimate of drug-likeness (QED) is 0.432. The fourth-order valence-electron chi connectivity index (χ4n) is 3.64. The molecule has 1 aromatic heterocycles. The van der Waals surface area contributed by atoms with E-state index in [9.17, 15) is 4.79 Å². The van der Waals surface area contributed by atoms with Crippen molar-refractivity contribution in [2.75, 3.05) is 18.1 Å². The van der Waals surface area contributed by atoms with Crippen LogP contribution in [0.15, 0.2) is 47.4 Å². The number of nitrogens with zero attached hydrogens (tertiary/aromatic N) is 2. The summed E-state index contributed by atoms with van der Waals surface area (Å²) in [5.41, 5.74) is 3.18. The fraction of sp³-hybridized carbons (Fsp3) is 0.417. The summed E-state index contributed by atoms with van der Waals surface area (Å²) in [6.45, 7) is 7.80. The monoisotopic (exact) mass is 440 g/mol. The molecule has 6 heteroatoms. The van der Waals surface area contributed by atoms with Gasteiger partial charge in [0.15, 0.2) is 5.13 Å². The van der Waals surface area contributed by atoms with E-state index in [1.165, 1.54) is 10.5 Å². The first kappa shape index (κ1) is 21.3. The summed E-state index contributed by atoms with van der Waals surface area (Å²) in [6.07, 6.45) is 2.51. The number of thiazole rings is 1. The number of amides is 1. The summed E-state index contributed by atoms with van der Waals surface area (Å²) < 4.78 is 6.95. The van der Waals surface area contributed by atoms with E-state index in [0.717, 1.165) is 40.4 Å². The highest BCUT2D eigenvalue weighted by Crippen LogP contribution is 2.31. The Hall–Kier alpha value is -1.89. The van der Waals surface area contributed by atoms with E-state index in [1.54, 1.807) is 11.3 Å². The molecule has 1 aliphatic rings. The van der Waals surface area contributed by atoms with Gasteiger partial charge in [0.2, 0.25) is 5.91 Å². The van der Waals surface area contributed by atoms with E-state index in [-0.39, 0.29) is 12.0 Å². The number of aryl methyl sites for hydroxylation is 1. The molecule has 2 heterocycles. The van der Waals surface area contributed by atoms with Crippen LogP contribution in [0.5, 0.6) is 0 Å². The summed E-state index contributed by atoms with van der Waals surface area (Å²) in [5.74, 6) is 0.0746. The molecule has 1 atom stereocenters. The number of thioether (sulfide) groups is 1. The van der Waals surface area contributed by atoms with Crippen molar-refractivity contribution < 1.29 is 9.53 Å². The summed E-state index contributed by atoms with van der Waals surface area (Å²) in [4.78, 5) is 21.2. The summed E-state index contributed by atoms with van der Waals surface area (Å²) in [5, 5.41) is 1.31. The number of benzene rings is 2. The number of carbonyl (C=O) groups is 1. The maximum Gasteiger partial charge on any atom is 0.233 e. The molecule has 0 spiro atoms. The van der Waals surface area contributed by atoms with E-state index in [0.29, 0.717) is 18.2 Å². The smallest absolute Gasteiger partial charge is 0.233 e. The Morgan fingerprint density at radius 1 is 1.27 bits per heavy atom. The van der Waals surface area contributed by atoms with Gasteiger partial charge in [-0.15, -0.1) is 11.8 Å². The third-order valence-electron chi connectivity index (χ3n) is 5.13. The number of hydrogen-bond donors (Lipinski definition) is 0. The first-order valence-corrected chi connectivity index (χ1v) is 12.2. The Morgan fingerprint density at radius 3 is 2.77 bits per heavy atom. The number of fused-ring (bicyclic) bond motifs is 1. The van der Waals surface area contributed by atoms with Crippen LogP contribution in [-0.4, -0.2) is 35.4 Å². The number of carbonyl (C=O) groups excluding carboxylic acids is 1. The normalized spacial score (nSPS) is 16.5. The largest absolute Gasteiger partial charge is 0.376 e. The molecular formula is C24H28N2O2S2. The zero-order valence-corrected chi connectivity index (χ0v) is 19.4. The van der Waals surface area contributed by atoms with E-state index < -0.39 is 0 Å². The third kappa shape index (κ3) is 5.23. The molecule has 1 aliphatic heterocycles. The average Bonchev–Trinajstić information content (AvgIpc) is 3.36. The highest BCUT2D eigenvalue weighted by Gasteiger charge is 2.26. The van der Waals surface area contributed by atoms with Crippen molar-refractivity contribution in [2.24, 2.45) is 0 Å². The molecule has 0 bridgehead atoms. The molecule has 1 saturated heterocycles. The summed E-state index contributed by atoms with van der Waals surface area (Å²) >= 11 is 3.42. The maximum absolute atomic E-state index is 13.3. The zero-order valence-electron chi connectivity index (χ0n) is 17.8. The van der Waals surface area contributed by atoms with Crippen LogP contribution in [0.4, 0.5) is 5.13 Å². The number of anilines is 1. The number of hydrogen-bond acceptors (Lipinski definition) is 5. The van der Waals surface area contributed by atoms with Crippen LogP contribution >= 0.6 is 23.1 Å². The molecule has 4 nitrogen and oxygen atoms in total. The molecule has 1 amide bonds. The second-order valence-corrected chi connectivity index (χ2v) is 10.8. The molecule has 3 aromatic rings. The van der Waals surface area contributed by atoms with Crippen molar-refractivity contribution in [3.8, 4) is 0 Å². The highest BCUT2D eigenvalue weighted by molar-refractivity contribution is 7.99. The minimum Gasteiger partial charge on any atom is -0.376 e.